The molecule has 0 aliphatic carbocycles. The Balaban J connectivity index is 2.11. The number of methoxy groups -OCH3 is 1. The van der Waals surface area contributed by atoms with Crippen molar-refractivity contribution < 1.29 is 9.84 Å². The fraction of sp³-hybridized carbons (Fsp3) is 0.100. The number of hydrogen-bond acceptors (Lipinski definition) is 5. The Morgan fingerprint density at radius 2 is 2.07 bits per heavy atom. The summed E-state index contributed by atoms with van der Waals surface area (Å²) >= 11 is 14.0. The molecular formula is C20H17Cl2N3O2S. The highest BCUT2D eigenvalue weighted by atomic mass is 35.5. The van der Waals surface area contributed by atoms with Crippen molar-refractivity contribution in [3.05, 3.63) is 74.8 Å². The number of aromatic hydroxyl groups is 1. The number of ether oxygens (including phenoxy) is 1. The lowest BCUT2D eigenvalue weighted by Gasteiger charge is -2.07. The largest absolute Gasteiger partial charge is 0.504 e. The van der Waals surface area contributed by atoms with Gasteiger partial charge >= 0.3 is 0 Å². The van der Waals surface area contributed by atoms with Crippen LogP contribution in [-0.2, 0) is 0 Å². The quantitative estimate of drug-likeness (QED) is 0.428. The van der Waals surface area contributed by atoms with E-state index < -0.39 is 0 Å². The SMILES string of the molecule is C=CCN=c1scc(-c2cc(Cl)ccc2Cl)n1N=Cc1ccc(O)c(OC)c1. The molecule has 3 aromatic rings. The molecule has 0 amide bonds. The van der Waals surface area contributed by atoms with Gasteiger partial charge in [-0.05, 0) is 42.0 Å². The lowest BCUT2D eigenvalue weighted by atomic mass is 10.2. The van der Waals surface area contributed by atoms with Crippen molar-refractivity contribution in [3.63, 3.8) is 0 Å². The Morgan fingerprint density at radius 1 is 1.25 bits per heavy atom. The van der Waals surface area contributed by atoms with Crippen LogP contribution in [0.5, 0.6) is 11.5 Å². The van der Waals surface area contributed by atoms with Crippen molar-refractivity contribution in [2.75, 3.05) is 13.7 Å². The van der Waals surface area contributed by atoms with Gasteiger partial charge in [0.2, 0.25) is 4.80 Å². The highest BCUT2D eigenvalue weighted by Gasteiger charge is 2.12. The summed E-state index contributed by atoms with van der Waals surface area (Å²) in [5.41, 5.74) is 2.28. The molecule has 0 aliphatic rings. The van der Waals surface area contributed by atoms with Gasteiger partial charge < -0.3 is 9.84 Å². The molecule has 8 heteroatoms. The Bertz CT molecular complexity index is 1100. The van der Waals surface area contributed by atoms with E-state index in [0.717, 1.165) is 16.8 Å². The average molecular weight is 434 g/mol. The first kappa shape index (κ1) is 20.2. The van der Waals surface area contributed by atoms with Gasteiger partial charge in [0.05, 0.1) is 30.6 Å². The zero-order valence-corrected chi connectivity index (χ0v) is 17.3. The first-order chi connectivity index (χ1) is 13.5. The van der Waals surface area contributed by atoms with Crippen LogP contribution in [0.25, 0.3) is 11.3 Å². The number of halogens is 2. The Morgan fingerprint density at radius 3 is 2.82 bits per heavy atom. The zero-order valence-electron chi connectivity index (χ0n) is 15.0. The molecular weight excluding hydrogens is 417 g/mol. The van der Waals surface area contributed by atoms with E-state index in [0.29, 0.717) is 27.1 Å². The third kappa shape index (κ3) is 4.47. The zero-order chi connectivity index (χ0) is 20.1. The predicted octanol–water partition coefficient (Wildman–Crippen LogP) is 5.21. The first-order valence-electron chi connectivity index (χ1n) is 8.22. The van der Waals surface area contributed by atoms with E-state index in [9.17, 15) is 5.11 Å². The monoisotopic (exact) mass is 433 g/mol. The molecule has 0 fully saturated rings. The van der Waals surface area contributed by atoms with Gasteiger partial charge in [0.15, 0.2) is 11.5 Å². The van der Waals surface area contributed by atoms with E-state index in [1.165, 1.54) is 18.4 Å². The topological polar surface area (TPSA) is 59.1 Å². The molecule has 0 saturated carbocycles. The molecule has 5 nitrogen and oxygen atoms in total. The van der Waals surface area contributed by atoms with Crippen LogP contribution in [0.4, 0.5) is 0 Å². The molecule has 1 heterocycles. The minimum Gasteiger partial charge on any atom is -0.504 e. The number of thiazole rings is 1. The van der Waals surface area contributed by atoms with Crippen molar-refractivity contribution in [2.45, 2.75) is 0 Å². The summed E-state index contributed by atoms with van der Waals surface area (Å²) in [7, 11) is 1.50. The molecule has 0 aliphatic heterocycles. The van der Waals surface area contributed by atoms with E-state index in [-0.39, 0.29) is 5.75 Å². The minimum atomic E-state index is 0.0657. The van der Waals surface area contributed by atoms with Crippen LogP contribution in [0.15, 0.2) is 64.5 Å². The number of benzene rings is 2. The molecule has 3 rings (SSSR count). The summed E-state index contributed by atoms with van der Waals surface area (Å²) in [5.74, 6) is 0.435. The van der Waals surface area contributed by atoms with Crippen LogP contribution >= 0.6 is 34.5 Å². The highest BCUT2D eigenvalue weighted by molar-refractivity contribution is 7.07. The smallest absolute Gasteiger partial charge is 0.206 e. The number of hydrogen-bond donors (Lipinski definition) is 1. The fourth-order valence-corrected chi connectivity index (χ4v) is 3.66. The molecule has 0 radical (unpaired) electrons. The molecule has 1 N–H and O–H groups in total. The second kappa shape index (κ2) is 9.10. The Kier molecular flexibility index (Phi) is 6.57. The van der Waals surface area contributed by atoms with Crippen molar-refractivity contribution in [3.8, 4) is 22.8 Å². The maximum Gasteiger partial charge on any atom is 0.206 e. The molecule has 0 bridgehead atoms. The predicted molar refractivity (Wildman–Crippen MR) is 116 cm³/mol. The Hall–Kier alpha value is -2.54. The summed E-state index contributed by atoms with van der Waals surface area (Å²) in [5, 5.41) is 17.4. The van der Waals surface area contributed by atoms with Crippen molar-refractivity contribution in [1.29, 1.82) is 0 Å². The van der Waals surface area contributed by atoms with Crippen molar-refractivity contribution in [2.24, 2.45) is 10.1 Å². The Labute approximate surface area is 176 Å². The van der Waals surface area contributed by atoms with Gasteiger partial charge in [-0.1, -0.05) is 29.3 Å². The van der Waals surface area contributed by atoms with Gasteiger partial charge in [0, 0.05) is 16.0 Å². The number of phenols is 1. The summed E-state index contributed by atoms with van der Waals surface area (Å²) in [4.78, 5) is 5.18. The van der Waals surface area contributed by atoms with Gasteiger partial charge in [-0.2, -0.15) is 5.10 Å². The molecule has 28 heavy (non-hydrogen) atoms. The van der Waals surface area contributed by atoms with Crippen LogP contribution in [-0.4, -0.2) is 29.7 Å². The minimum absolute atomic E-state index is 0.0657. The van der Waals surface area contributed by atoms with E-state index in [2.05, 4.69) is 16.7 Å². The van der Waals surface area contributed by atoms with E-state index in [4.69, 9.17) is 27.9 Å². The lowest BCUT2D eigenvalue weighted by molar-refractivity contribution is 0.373. The van der Waals surface area contributed by atoms with Crippen LogP contribution < -0.4 is 9.54 Å². The maximum atomic E-state index is 9.75. The van der Waals surface area contributed by atoms with Gasteiger partial charge in [-0.3, -0.25) is 4.99 Å². The first-order valence-corrected chi connectivity index (χ1v) is 9.85. The molecule has 0 saturated heterocycles. The average Bonchev–Trinajstić information content (AvgIpc) is 3.10. The molecule has 144 valence electrons. The van der Waals surface area contributed by atoms with Gasteiger partial charge in [0.1, 0.15) is 0 Å². The van der Waals surface area contributed by atoms with Crippen LogP contribution in [0, 0.1) is 0 Å². The van der Waals surface area contributed by atoms with E-state index >= 15 is 0 Å². The molecule has 2 aromatic carbocycles. The summed E-state index contributed by atoms with van der Waals surface area (Å²) < 4.78 is 6.84. The second-order valence-corrected chi connectivity index (χ2v) is 7.32. The highest BCUT2D eigenvalue weighted by Crippen LogP contribution is 2.31. The molecule has 1 aromatic heterocycles. The normalized spacial score (nSPS) is 11.9. The standard InChI is InChI=1S/C20H17Cl2N3O2S/c1-3-8-23-20-25(24-11-13-4-7-18(26)19(9-13)27-2)17(12-28-20)15-10-14(21)5-6-16(15)22/h3-7,9-12,26H,1,8H2,2H3. The third-order valence-electron chi connectivity index (χ3n) is 3.77. The van der Waals surface area contributed by atoms with Gasteiger partial charge in [0.25, 0.3) is 0 Å². The maximum absolute atomic E-state index is 9.75. The number of rotatable bonds is 6. The number of nitrogens with zero attached hydrogens (tertiary/aromatic N) is 3. The van der Waals surface area contributed by atoms with Crippen molar-refractivity contribution >= 4 is 40.8 Å². The second-order valence-electron chi connectivity index (χ2n) is 5.64. The van der Waals surface area contributed by atoms with Crippen LogP contribution in [0.3, 0.4) is 0 Å². The van der Waals surface area contributed by atoms with E-state index in [1.807, 2.05) is 5.38 Å². The molecule has 0 unspecified atom stereocenters. The lowest BCUT2D eigenvalue weighted by Crippen LogP contribution is -2.12. The summed E-state index contributed by atoms with van der Waals surface area (Å²) in [6.45, 7) is 4.17. The fourth-order valence-electron chi connectivity index (χ4n) is 2.44. The van der Waals surface area contributed by atoms with Crippen LogP contribution in [0.1, 0.15) is 5.56 Å². The molecule has 0 spiro atoms. The van der Waals surface area contributed by atoms with Crippen LogP contribution in [0.2, 0.25) is 10.0 Å². The van der Waals surface area contributed by atoms with Gasteiger partial charge in [-0.15, -0.1) is 17.9 Å². The third-order valence-corrected chi connectivity index (χ3v) is 5.19. The summed E-state index contributed by atoms with van der Waals surface area (Å²) in [6.07, 6.45) is 3.37. The number of aromatic nitrogens is 1. The van der Waals surface area contributed by atoms with Crippen molar-refractivity contribution in [1.82, 2.24) is 4.68 Å². The number of phenolic OH excluding ortho intramolecular Hbond substituents is 1. The molecule has 0 atom stereocenters. The summed E-state index contributed by atoms with van der Waals surface area (Å²) in [6, 6.07) is 10.3. The van der Waals surface area contributed by atoms with Gasteiger partial charge in [-0.25, -0.2) is 4.68 Å². The van der Waals surface area contributed by atoms with E-state index in [1.54, 1.807) is 53.4 Å².